The smallest absolute Gasteiger partial charge is 0.342 e. The number of hydrogen-bond acceptors (Lipinski definition) is 7. The Kier molecular flexibility index (Phi) is 6.72. The molecule has 30 heavy (non-hydrogen) atoms. The molecule has 0 saturated heterocycles. The molecule has 0 unspecified atom stereocenters. The Labute approximate surface area is 177 Å². The molecule has 0 saturated carbocycles. The number of carbonyl (C=O) groups is 1. The van der Waals surface area contributed by atoms with Crippen LogP contribution in [0.3, 0.4) is 0 Å². The summed E-state index contributed by atoms with van der Waals surface area (Å²) in [6.07, 6.45) is 1.51. The van der Waals surface area contributed by atoms with Crippen LogP contribution < -0.4 is 9.47 Å². The fraction of sp³-hybridized carbons (Fsp3) is 0.143. The first kappa shape index (κ1) is 21.0. The summed E-state index contributed by atoms with van der Waals surface area (Å²) in [5.74, 6) is 0.441. The van der Waals surface area contributed by atoms with Crippen LogP contribution in [-0.2, 0) is 11.4 Å². The van der Waals surface area contributed by atoms with Crippen molar-refractivity contribution in [3.8, 4) is 17.6 Å². The number of nitriles is 1. The van der Waals surface area contributed by atoms with E-state index in [1.54, 1.807) is 37.3 Å². The quantitative estimate of drug-likeness (QED) is 0.415. The summed E-state index contributed by atoms with van der Waals surface area (Å²) in [4.78, 5) is 15.8. The van der Waals surface area contributed by atoms with Crippen LogP contribution in [-0.4, -0.2) is 33.4 Å². The number of ether oxygens (including phenoxy) is 2. The lowest BCUT2D eigenvalue weighted by atomic mass is 10.1. The van der Waals surface area contributed by atoms with E-state index in [0.717, 1.165) is 17.3 Å². The van der Waals surface area contributed by atoms with Gasteiger partial charge in [-0.05, 0) is 48.5 Å². The Hall–Kier alpha value is -3.77. The lowest BCUT2D eigenvalue weighted by Crippen LogP contribution is -2.00. The fourth-order valence-electron chi connectivity index (χ4n) is 2.56. The van der Waals surface area contributed by atoms with Gasteiger partial charge in [0.15, 0.2) is 11.5 Å². The maximum atomic E-state index is 11.6. The van der Waals surface area contributed by atoms with Crippen molar-refractivity contribution < 1.29 is 19.4 Å². The SMILES string of the molecule is COc1cc(C=C(Sc2n[nH]c(C)n2)C(=O)O)ccc1OCc1ccccc1C#N. The maximum absolute atomic E-state index is 11.6. The van der Waals surface area contributed by atoms with Gasteiger partial charge in [0, 0.05) is 5.56 Å². The summed E-state index contributed by atoms with van der Waals surface area (Å²) >= 11 is 0.947. The predicted octanol–water partition coefficient (Wildman–Crippen LogP) is 3.79. The molecule has 0 fully saturated rings. The topological polar surface area (TPSA) is 121 Å². The molecule has 0 amide bonds. The first-order chi connectivity index (χ1) is 14.5. The van der Waals surface area contributed by atoms with Gasteiger partial charge in [-0.2, -0.15) is 5.26 Å². The van der Waals surface area contributed by atoms with Gasteiger partial charge >= 0.3 is 5.97 Å². The van der Waals surface area contributed by atoms with Crippen LogP contribution in [0.4, 0.5) is 0 Å². The molecule has 0 aliphatic rings. The molecule has 1 heterocycles. The number of nitrogens with one attached hydrogen (secondary N) is 1. The number of rotatable bonds is 8. The molecule has 152 valence electrons. The predicted molar refractivity (Wildman–Crippen MR) is 111 cm³/mol. The van der Waals surface area contributed by atoms with Gasteiger partial charge in [-0.3, -0.25) is 5.10 Å². The number of aliphatic carboxylic acids is 1. The molecular formula is C21H18N4O4S. The number of aromatic nitrogens is 3. The number of aromatic amines is 1. The molecule has 0 aliphatic carbocycles. The first-order valence-electron chi connectivity index (χ1n) is 8.81. The minimum atomic E-state index is -1.09. The third-order valence-electron chi connectivity index (χ3n) is 4.00. The Bertz CT molecular complexity index is 1130. The van der Waals surface area contributed by atoms with Crippen molar-refractivity contribution >= 4 is 23.8 Å². The van der Waals surface area contributed by atoms with E-state index >= 15 is 0 Å². The normalized spacial score (nSPS) is 11.0. The molecule has 0 aliphatic heterocycles. The maximum Gasteiger partial charge on any atom is 0.342 e. The van der Waals surface area contributed by atoms with Gasteiger partial charge in [0.2, 0.25) is 5.16 Å². The van der Waals surface area contributed by atoms with Gasteiger partial charge in [0.05, 0.1) is 18.7 Å². The van der Waals surface area contributed by atoms with Gasteiger partial charge in [0.25, 0.3) is 0 Å². The lowest BCUT2D eigenvalue weighted by molar-refractivity contribution is -0.131. The molecule has 3 rings (SSSR count). The zero-order valence-electron chi connectivity index (χ0n) is 16.2. The summed E-state index contributed by atoms with van der Waals surface area (Å²) in [5.41, 5.74) is 1.92. The van der Waals surface area contributed by atoms with E-state index in [9.17, 15) is 15.2 Å². The zero-order valence-corrected chi connectivity index (χ0v) is 17.1. The Morgan fingerprint density at radius 1 is 1.30 bits per heavy atom. The van der Waals surface area contributed by atoms with E-state index in [1.165, 1.54) is 13.2 Å². The number of H-pyrrole nitrogens is 1. The minimum Gasteiger partial charge on any atom is -0.493 e. The highest BCUT2D eigenvalue weighted by atomic mass is 32.2. The fourth-order valence-corrected chi connectivity index (χ4v) is 3.31. The zero-order chi connectivity index (χ0) is 21.5. The molecule has 0 atom stereocenters. The van der Waals surface area contributed by atoms with Gasteiger partial charge < -0.3 is 14.6 Å². The van der Waals surface area contributed by atoms with Gasteiger partial charge in [-0.1, -0.05) is 24.3 Å². The molecular weight excluding hydrogens is 404 g/mol. The molecule has 1 aromatic heterocycles. The van der Waals surface area contributed by atoms with Crippen molar-refractivity contribution in [2.75, 3.05) is 7.11 Å². The molecule has 9 heteroatoms. The molecule has 2 aromatic carbocycles. The number of benzene rings is 2. The second-order valence-electron chi connectivity index (χ2n) is 6.09. The molecule has 8 nitrogen and oxygen atoms in total. The van der Waals surface area contributed by atoms with E-state index in [1.807, 2.05) is 12.1 Å². The first-order valence-corrected chi connectivity index (χ1v) is 9.62. The minimum absolute atomic E-state index is 0.0627. The summed E-state index contributed by atoms with van der Waals surface area (Å²) in [7, 11) is 1.50. The van der Waals surface area contributed by atoms with Crippen molar-refractivity contribution in [3.05, 3.63) is 69.9 Å². The second-order valence-corrected chi connectivity index (χ2v) is 7.10. The third-order valence-corrected chi connectivity index (χ3v) is 4.87. The average Bonchev–Trinajstić information content (AvgIpc) is 3.16. The van der Waals surface area contributed by atoms with E-state index in [4.69, 9.17) is 9.47 Å². The van der Waals surface area contributed by atoms with Crippen LogP contribution in [0, 0.1) is 18.3 Å². The van der Waals surface area contributed by atoms with Crippen LogP contribution >= 0.6 is 11.8 Å². The van der Waals surface area contributed by atoms with Crippen LogP contribution in [0.1, 0.15) is 22.5 Å². The van der Waals surface area contributed by atoms with Crippen LogP contribution in [0.5, 0.6) is 11.5 Å². The summed E-state index contributed by atoms with van der Waals surface area (Å²) in [5, 5.41) is 25.6. The van der Waals surface area contributed by atoms with Crippen LogP contribution in [0.2, 0.25) is 0 Å². The number of aryl methyl sites for hydroxylation is 1. The van der Waals surface area contributed by atoms with Gasteiger partial charge in [-0.15, -0.1) is 5.10 Å². The number of methoxy groups -OCH3 is 1. The number of nitrogens with zero attached hydrogens (tertiary/aromatic N) is 3. The van der Waals surface area contributed by atoms with Crippen molar-refractivity contribution in [2.24, 2.45) is 0 Å². The monoisotopic (exact) mass is 422 g/mol. The number of carboxylic acids is 1. The lowest BCUT2D eigenvalue weighted by Gasteiger charge is -2.12. The number of carboxylic acid groups (broad SMARTS) is 1. The highest BCUT2D eigenvalue weighted by Gasteiger charge is 2.14. The van der Waals surface area contributed by atoms with Crippen molar-refractivity contribution in [2.45, 2.75) is 18.7 Å². The summed E-state index contributed by atoms with van der Waals surface area (Å²) in [6.45, 7) is 1.94. The summed E-state index contributed by atoms with van der Waals surface area (Å²) < 4.78 is 11.2. The molecule has 0 bridgehead atoms. The van der Waals surface area contributed by atoms with Crippen molar-refractivity contribution in [1.82, 2.24) is 15.2 Å². The van der Waals surface area contributed by atoms with Crippen molar-refractivity contribution in [3.63, 3.8) is 0 Å². The second kappa shape index (κ2) is 9.62. The van der Waals surface area contributed by atoms with Crippen molar-refractivity contribution in [1.29, 1.82) is 5.26 Å². The molecule has 0 spiro atoms. The molecule has 2 N–H and O–H groups in total. The Balaban J connectivity index is 1.80. The highest BCUT2D eigenvalue weighted by Crippen LogP contribution is 2.32. The standard InChI is InChI=1S/C21H18N4O4S/c1-13-23-21(25-24-13)30-19(20(26)27)10-14-7-8-17(18(9-14)28-2)29-12-16-6-4-3-5-15(16)11-22/h3-10H,12H2,1-2H3,(H,26,27)(H,23,24,25). The number of hydrogen-bond donors (Lipinski definition) is 2. The largest absolute Gasteiger partial charge is 0.493 e. The van der Waals surface area contributed by atoms with E-state index in [2.05, 4.69) is 21.3 Å². The van der Waals surface area contributed by atoms with E-state index < -0.39 is 5.97 Å². The van der Waals surface area contributed by atoms with Crippen LogP contribution in [0.25, 0.3) is 6.08 Å². The Morgan fingerprint density at radius 2 is 2.10 bits per heavy atom. The molecule has 3 aromatic rings. The third kappa shape index (κ3) is 5.18. The Morgan fingerprint density at radius 3 is 2.77 bits per heavy atom. The highest BCUT2D eigenvalue weighted by molar-refractivity contribution is 8.04. The number of thioether (sulfide) groups is 1. The van der Waals surface area contributed by atoms with E-state index in [-0.39, 0.29) is 11.5 Å². The van der Waals surface area contributed by atoms with Gasteiger partial charge in [-0.25, -0.2) is 9.78 Å². The van der Waals surface area contributed by atoms with E-state index in [0.29, 0.717) is 33.6 Å². The average molecular weight is 422 g/mol. The molecule has 0 radical (unpaired) electrons. The van der Waals surface area contributed by atoms with Crippen LogP contribution in [0.15, 0.2) is 52.5 Å². The van der Waals surface area contributed by atoms with Gasteiger partial charge in [0.1, 0.15) is 17.3 Å². The summed E-state index contributed by atoms with van der Waals surface area (Å²) in [6, 6.07) is 14.4.